The number of nitrogens with one attached hydrogen (secondary N) is 1. The monoisotopic (exact) mass is 474 g/mol. The van der Waals surface area contributed by atoms with E-state index in [0.29, 0.717) is 5.75 Å². The van der Waals surface area contributed by atoms with Crippen LogP contribution in [0.4, 0.5) is 0 Å². The molecule has 5 rings (SSSR count). The molecule has 0 bridgehead atoms. The molecule has 0 saturated heterocycles. The summed E-state index contributed by atoms with van der Waals surface area (Å²) >= 11 is 0. The Labute approximate surface area is 207 Å². The number of nitrogens with zero attached hydrogens (tertiary/aromatic N) is 1. The molecule has 0 aliphatic heterocycles. The molecule has 2 N–H and O–H groups in total. The summed E-state index contributed by atoms with van der Waals surface area (Å²) in [4.78, 5) is 30.8. The number of ketones is 1. The number of carbonyl (C=O) groups excluding carboxylic acids is 1. The second kappa shape index (κ2) is 10.1. The standard InChI is InChI=1S/C30H22N2O4/c33-26(30(34)35)19-36-23-15-9-14-22(18-23)24-16-7-8-17-25(24)29-31-27(20-10-3-1-4-11-20)28(32-29)21-12-5-2-6-13-21/h1-18H,19H2,(H,31,32)(H,34,35). The van der Waals surface area contributed by atoms with Crippen LogP contribution in [0.3, 0.4) is 0 Å². The van der Waals surface area contributed by atoms with E-state index in [1.807, 2.05) is 78.9 Å². The van der Waals surface area contributed by atoms with E-state index in [9.17, 15) is 9.59 Å². The number of ether oxygens (including phenoxy) is 1. The third kappa shape index (κ3) is 4.79. The van der Waals surface area contributed by atoms with Crippen molar-refractivity contribution in [2.24, 2.45) is 0 Å². The molecule has 0 aliphatic rings. The van der Waals surface area contributed by atoms with Crippen molar-refractivity contribution in [1.82, 2.24) is 9.97 Å². The first-order chi connectivity index (χ1) is 17.6. The molecular formula is C30H22N2O4. The molecule has 6 nitrogen and oxygen atoms in total. The summed E-state index contributed by atoms with van der Waals surface area (Å²) in [5.74, 6) is -1.39. The Balaban J connectivity index is 1.57. The van der Waals surface area contributed by atoms with Crippen molar-refractivity contribution in [3.8, 4) is 50.8 Å². The Morgan fingerprint density at radius 1 is 0.722 bits per heavy atom. The Kier molecular flexibility index (Phi) is 6.40. The maximum absolute atomic E-state index is 11.4. The number of aliphatic carboxylic acids is 1. The fraction of sp³-hybridized carbons (Fsp3) is 0.0333. The van der Waals surface area contributed by atoms with Gasteiger partial charge in [-0.15, -0.1) is 0 Å². The zero-order chi connectivity index (χ0) is 24.9. The lowest BCUT2D eigenvalue weighted by molar-refractivity contribution is -0.150. The Morgan fingerprint density at radius 3 is 2.03 bits per heavy atom. The Hall–Kier alpha value is -4.97. The number of carbonyl (C=O) groups is 2. The highest BCUT2D eigenvalue weighted by Crippen LogP contribution is 2.37. The third-order valence-electron chi connectivity index (χ3n) is 5.75. The molecule has 4 aromatic carbocycles. The van der Waals surface area contributed by atoms with Crippen LogP contribution in [0.2, 0.25) is 0 Å². The highest BCUT2D eigenvalue weighted by Gasteiger charge is 2.18. The van der Waals surface area contributed by atoms with Gasteiger partial charge in [0, 0.05) is 16.7 Å². The van der Waals surface area contributed by atoms with Gasteiger partial charge >= 0.3 is 5.97 Å². The van der Waals surface area contributed by atoms with Gasteiger partial charge in [-0.3, -0.25) is 4.79 Å². The van der Waals surface area contributed by atoms with E-state index in [-0.39, 0.29) is 0 Å². The summed E-state index contributed by atoms with van der Waals surface area (Å²) in [6.07, 6.45) is 0. The van der Waals surface area contributed by atoms with Gasteiger partial charge in [-0.05, 0) is 23.3 Å². The first-order valence-corrected chi connectivity index (χ1v) is 11.4. The molecule has 1 heterocycles. The molecule has 0 atom stereocenters. The predicted molar refractivity (Wildman–Crippen MR) is 138 cm³/mol. The summed E-state index contributed by atoms with van der Waals surface area (Å²) in [6, 6.07) is 35.2. The van der Waals surface area contributed by atoms with E-state index < -0.39 is 18.4 Å². The summed E-state index contributed by atoms with van der Waals surface area (Å²) in [7, 11) is 0. The number of H-pyrrole nitrogens is 1. The molecule has 6 heteroatoms. The Bertz CT molecular complexity index is 1470. The zero-order valence-electron chi connectivity index (χ0n) is 19.2. The first-order valence-electron chi connectivity index (χ1n) is 11.4. The van der Waals surface area contributed by atoms with Gasteiger partial charge in [-0.25, -0.2) is 9.78 Å². The number of rotatable bonds is 8. The van der Waals surface area contributed by atoms with Crippen molar-refractivity contribution in [3.05, 3.63) is 109 Å². The van der Waals surface area contributed by atoms with Crippen molar-refractivity contribution in [2.45, 2.75) is 0 Å². The molecular weight excluding hydrogens is 452 g/mol. The van der Waals surface area contributed by atoms with Crippen LogP contribution in [0.5, 0.6) is 5.75 Å². The van der Waals surface area contributed by atoms with Crippen molar-refractivity contribution in [1.29, 1.82) is 0 Å². The molecule has 36 heavy (non-hydrogen) atoms. The van der Waals surface area contributed by atoms with Gasteiger partial charge in [-0.2, -0.15) is 0 Å². The van der Waals surface area contributed by atoms with Gasteiger partial charge < -0.3 is 14.8 Å². The number of aromatic nitrogens is 2. The van der Waals surface area contributed by atoms with Crippen LogP contribution in [-0.4, -0.2) is 33.4 Å². The molecule has 5 aromatic rings. The molecule has 0 aliphatic carbocycles. The topological polar surface area (TPSA) is 92.3 Å². The van der Waals surface area contributed by atoms with Crippen LogP contribution in [0.1, 0.15) is 0 Å². The van der Waals surface area contributed by atoms with Crippen molar-refractivity contribution in [2.75, 3.05) is 6.61 Å². The van der Waals surface area contributed by atoms with Gasteiger partial charge in [0.2, 0.25) is 0 Å². The number of benzene rings is 4. The summed E-state index contributed by atoms with van der Waals surface area (Å²) in [5, 5.41) is 8.80. The quantitative estimate of drug-likeness (QED) is 0.265. The smallest absolute Gasteiger partial charge is 0.375 e. The van der Waals surface area contributed by atoms with Crippen molar-refractivity contribution < 1.29 is 19.4 Å². The first kappa shape index (κ1) is 22.8. The molecule has 0 fully saturated rings. The van der Waals surface area contributed by atoms with Crippen molar-refractivity contribution in [3.63, 3.8) is 0 Å². The SMILES string of the molecule is O=C(O)C(=O)COc1cccc(-c2ccccc2-c2nc(-c3ccccc3)c(-c3ccccc3)[nH]2)c1. The van der Waals surface area contributed by atoms with Crippen LogP contribution in [0, 0.1) is 0 Å². The molecule has 0 spiro atoms. The van der Waals surface area contributed by atoms with E-state index in [2.05, 4.69) is 17.1 Å². The fourth-order valence-electron chi connectivity index (χ4n) is 4.02. The predicted octanol–water partition coefficient (Wildman–Crippen LogP) is 6.11. The third-order valence-corrected chi connectivity index (χ3v) is 5.75. The summed E-state index contributed by atoms with van der Waals surface area (Å²) in [5.41, 5.74) is 6.49. The van der Waals surface area contributed by atoms with Crippen LogP contribution in [-0.2, 0) is 9.59 Å². The number of aromatic amines is 1. The maximum Gasteiger partial charge on any atom is 0.375 e. The average Bonchev–Trinajstić information content (AvgIpc) is 3.38. The number of carboxylic acids is 1. The highest BCUT2D eigenvalue weighted by atomic mass is 16.5. The Morgan fingerprint density at radius 2 is 1.33 bits per heavy atom. The van der Waals surface area contributed by atoms with E-state index >= 15 is 0 Å². The van der Waals surface area contributed by atoms with Gasteiger partial charge in [-0.1, -0.05) is 97.1 Å². The lowest BCUT2D eigenvalue weighted by atomic mass is 9.99. The number of imidazole rings is 1. The number of hydrogen-bond donors (Lipinski definition) is 2. The van der Waals surface area contributed by atoms with E-state index in [0.717, 1.165) is 45.0 Å². The second-order valence-electron chi connectivity index (χ2n) is 8.13. The van der Waals surface area contributed by atoms with Gasteiger partial charge in [0.05, 0.1) is 11.4 Å². The normalized spacial score (nSPS) is 10.7. The largest absolute Gasteiger partial charge is 0.485 e. The summed E-state index contributed by atoms with van der Waals surface area (Å²) < 4.78 is 5.42. The lowest BCUT2D eigenvalue weighted by Crippen LogP contribution is -2.20. The minimum Gasteiger partial charge on any atom is -0.485 e. The van der Waals surface area contributed by atoms with Crippen LogP contribution in [0.25, 0.3) is 45.0 Å². The van der Waals surface area contributed by atoms with Crippen LogP contribution >= 0.6 is 0 Å². The van der Waals surface area contributed by atoms with E-state index in [1.165, 1.54) is 0 Å². The molecule has 0 saturated carbocycles. The van der Waals surface area contributed by atoms with E-state index in [1.54, 1.807) is 18.2 Å². The fourth-order valence-corrected chi connectivity index (χ4v) is 4.02. The van der Waals surface area contributed by atoms with Crippen LogP contribution < -0.4 is 4.74 Å². The molecule has 1 aromatic heterocycles. The average molecular weight is 475 g/mol. The molecule has 0 unspecified atom stereocenters. The van der Waals surface area contributed by atoms with Crippen molar-refractivity contribution >= 4 is 11.8 Å². The van der Waals surface area contributed by atoms with Gasteiger partial charge in [0.1, 0.15) is 11.6 Å². The second-order valence-corrected chi connectivity index (χ2v) is 8.13. The minimum absolute atomic E-state index is 0.409. The number of hydrogen-bond acceptors (Lipinski definition) is 4. The highest BCUT2D eigenvalue weighted by molar-refractivity contribution is 6.33. The maximum atomic E-state index is 11.4. The molecule has 0 amide bonds. The number of Topliss-reactive ketones (excluding diaryl/α,β-unsaturated/α-hetero) is 1. The number of carboxylic acid groups (broad SMARTS) is 1. The lowest BCUT2D eigenvalue weighted by Gasteiger charge is -2.10. The van der Waals surface area contributed by atoms with E-state index in [4.69, 9.17) is 14.8 Å². The summed E-state index contributed by atoms with van der Waals surface area (Å²) in [6.45, 7) is -0.528. The molecule has 0 radical (unpaired) electrons. The van der Waals surface area contributed by atoms with Crippen LogP contribution in [0.15, 0.2) is 109 Å². The minimum atomic E-state index is -1.52. The molecule has 176 valence electrons. The van der Waals surface area contributed by atoms with Gasteiger partial charge in [0.15, 0.2) is 6.61 Å². The zero-order valence-corrected chi connectivity index (χ0v) is 19.2. The van der Waals surface area contributed by atoms with Gasteiger partial charge in [0.25, 0.3) is 5.78 Å².